The van der Waals surface area contributed by atoms with E-state index in [1.807, 2.05) is 0 Å². The summed E-state index contributed by atoms with van der Waals surface area (Å²) in [6, 6.07) is 0. The Morgan fingerprint density at radius 2 is 1.82 bits per heavy atom. The second-order valence-electron chi connectivity index (χ2n) is 3.03. The van der Waals surface area contributed by atoms with Crippen LogP contribution in [0, 0.1) is 11.8 Å². The standard InChI is InChI=1S/C11H18/c1-5-6-7-8-9-11(4)10(2)3/h5-7H2,1-4H3. The SMILES string of the molecule is CCCCC#CC(C)=C(C)C. The van der Waals surface area contributed by atoms with Gasteiger partial charge in [0.05, 0.1) is 0 Å². The average Bonchev–Trinajstić information content (AvgIpc) is 1.97. The molecule has 0 amide bonds. The largest absolute Gasteiger partial charge is 0.0982 e. The average molecular weight is 150 g/mol. The van der Waals surface area contributed by atoms with Crippen molar-refractivity contribution in [2.24, 2.45) is 0 Å². The van der Waals surface area contributed by atoms with Crippen molar-refractivity contribution in [3.05, 3.63) is 11.1 Å². The van der Waals surface area contributed by atoms with Gasteiger partial charge < -0.3 is 0 Å². The van der Waals surface area contributed by atoms with Crippen LogP contribution in [0.4, 0.5) is 0 Å². The summed E-state index contributed by atoms with van der Waals surface area (Å²) >= 11 is 0. The smallest absolute Gasteiger partial charge is 0.00922 e. The van der Waals surface area contributed by atoms with Crippen molar-refractivity contribution in [3.8, 4) is 11.8 Å². The fourth-order valence-electron chi connectivity index (χ4n) is 0.585. The molecule has 0 saturated heterocycles. The zero-order valence-corrected chi connectivity index (χ0v) is 8.12. The highest BCUT2D eigenvalue weighted by Gasteiger charge is 1.83. The highest BCUT2D eigenvalue weighted by molar-refractivity contribution is 5.29. The molecule has 0 rings (SSSR count). The van der Waals surface area contributed by atoms with Crippen LogP contribution in [0.1, 0.15) is 47.0 Å². The van der Waals surface area contributed by atoms with Gasteiger partial charge in [-0.3, -0.25) is 0 Å². The monoisotopic (exact) mass is 150 g/mol. The lowest BCUT2D eigenvalue weighted by Gasteiger charge is -1.90. The highest BCUT2D eigenvalue weighted by Crippen LogP contribution is 1.99. The van der Waals surface area contributed by atoms with Crippen molar-refractivity contribution < 1.29 is 0 Å². The van der Waals surface area contributed by atoms with E-state index in [4.69, 9.17) is 0 Å². The van der Waals surface area contributed by atoms with Gasteiger partial charge in [0.2, 0.25) is 0 Å². The molecule has 0 heteroatoms. The summed E-state index contributed by atoms with van der Waals surface area (Å²) in [5, 5.41) is 0. The van der Waals surface area contributed by atoms with Gasteiger partial charge in [-0.05, 0) is 32.8 Å². The molecule has 0 bridgehead atoms. The fourth-order valence-corrected chi connectivity index (χ4v) is 0.585. The Morgan fingerprint density at radius 1 is 1.18 bits per heavy atom. The van der Waals surface area contributed by atoms with Crippen LogP contribution < -0.4 is 0 Å². The minimum absolute atomic E-state index is 1.04. The number of hydrogen-bond donors (Lipinski definition) is 0. The third kappa shape index (κ3) is 5.73. The summed E-state index contributed by atoms with van der Waals surface area (Å²) in [5.41, 5.74) is 2.55. The molecular weight excluding hydrogens is 132 g/mol. The van der Waals surface area contributed by atoms with Gasteiger partial charge in [0.25, 0.3) is 0 Å². The van der Waals surface area contributed by atoms with Crippen LogP contribution in [0.5, 0.6) is 0 Å². The third-order valence-corrected chi connectivity index (χ3v) is 1.68. The van der Waals surface area contributed by atoms with Crippen LogP contribution in [0.3, 0.4) is 0 Å². The van der Waals surface area contributed by atoms with Gasteiger partial charge >= 0.3 is 0 Å². The van der Waals surface area contributed by atoms with Gasteiger partial charge in [0.1, 0.15) is 0 Å². The lowest BCUT2D eigenvalue weighted by Crippen LogP contribution is -1.74. The molecule has 0 aromatic heterocycles. The first-order valence-corrected chi connectivity index (χ1v) is 4.31. The minimum atomic E-state index is 1.04. The topological polar surface area (TPSA) is 0 Å². The van der Waals surface area contributed by atoms with Gasteiger partial charge in [0, 0.05) is 6.42 Å². The van der Waals surface area contributed by atoms with Gasteiger partial charge in [-0.25, -0.2) is 0 Å². The molecule has 0 atom stereocenters. The number of allylic oxidation sites excluding steroid dienone is 2. The van der Waals surface area contributed by atoms with Gasteiger partial charge in [-0.15, -0.1) is 0 Å². The Balaban J connectivity index is 3.79. The van der Waals surface area contributed by atoms with E-state index < -0.39 is 0 Å². The maximum atomic E-state index is 3.16. The first-order chi connectivity index (χ1) is 5.18. The Morgan fingerprint density at radius 3 is 2.27 bits per heavy atom. The normalized spacial score (nSPS) is 8.36. The molecule has 11 heavy (non-hydrogen) atoms. The van der Waals surface area contributed by atoms with Crippen LogP contribution in [-0.2, 0) is 0 Å². The molecule has 0 aliphatic carbocycles. The molecule has 0 aromatic carbocycles. The van der Waals surface area contributed by atoms with E-state index >= 15 is 0 Å². The maximum Gasteiger partial charge on any atom is 0.00922 e. The molecular formula is C11H18. The van der Waals surface area contributed by atoms with Gasteiger partial charge in [-0.2, -0.15) is 0 Å². The quantitative estimate of drug-likeness (QED) is 0.417. The number of hydrogen-bond acceptors (Lipinski definition) is 0. The van der Waals surface area contributed by atoms with Crippen LogP contribution >= 0.6 is 0 Å². The van der Waals surface area contributed by atoms with Crippen molar-refractivity contribution in [2.75, 3.05) is 0 Å². The molecule has 0 N–H and O–H groups in total. The Hall–Kier alpha value is -0.700. The summed E-state index contributed by atoms with van der Waals surface area (Å²) in [4.78, 5) is 0. The van der Waals surface area contributed by atoms with Crippen molar-refractivity contribution >= 4 is 0 Å². The number of rotatable bonds is 2. The lowest BCUT2D eigenvalue weighted by atomic mass is 10.2. The molecule has 0 fully saturated rings. The summed E-state index contributed by atoms with van der Waals surface area (Å²) in [6.07, 6.45) is 3.51. The van der Waals surface area contributed by atoms with Crippen LogP contribution in [0.25, 0.3) is 0 Å². The van der Waals surface area contributed by atoms with Gasteiger partial charge in [-0.1, -0.05) is 30.8 Å². The van der Waals surface area contributed by atoms with E-state index in [0.29, 0.717) is 0 Å². The van der Waals surface area contributed by atoms with Crippen LogP contribution in [0.15, 0.2) is 11.1 Å². The summed E-state index contributed by atoms with van der Waals surface area (Å²) in [7, 11) is 0. The molecule has 0 saturated carbocycles. The van der Waals surface area contributed by atoms with Crippen molar-refractivity contribution in [2.45, 2.75) is 47.0 Å². The zero-order valence-electron chi connectivity index (χ0n) is 8.12. The maximum absolute atomic E-state index is 3.16. The third-order valence-electron chi connectivity index (χ3n) is 1.68. The molecule has 0 aliphatic rings. The first-order valence-electron chi connectivity index (χ1n) is 4.31. The van der Waals surface area contributed by atoms with Crippen molar-refractivity contribution in [1.29, 1.82) is 0 Å². The first kappa shape index (κ1) is 10.3. The van der Waals surface area contributed by atoms with E-state index in [1.165, 1.54) is 24.0 Å². The molecule has 0 nitrogen and oxygen atoms in total. The van der Waals surface area contributed by atoms with E-state index in [-0.39, 0.29) is 0 Å². The molecule has 0 aliphatic heterocycles. The van der Waals surface area contributed by atoms with E-state index in [0.717, 1.165) is 6.42 Å². The lowest BCUT2D eigenvalue weighted by molar-refractivity contribution is 0.828. The van der Waals surface area contributed by atoms with E-state index in [9.17, 15) is 0 Å². The zero-order chi connectivity index (χ0) is 8.69. The van der Waals surface area contributed by atoms with E-state index in [1.54, 1.807) is 0 Å². The van der Waals surface area contributed by atoms with Crippen LogP contribution in [-0.4, -0.2) is 0 Å². The van der Waals surface area contributed by atoms with Gasteiger partial charge in [0.15, 0.2) is 0 Å². The minimum Gasteiger partial charge on any atom is -0.0982 e. The second-order valence-corrected chi connectivity index (χ2v) is 3.03. The molecule has 0 aromatic rings. The molecule has 0 heterocycles. The summed E-state index contributed by atoms with van der Waals surface area (Å²) in [5.74, 6) is 6.31. The predicted octanol–water partition coefficient (Wildman–Crippen LogP) is 3.54. The fraction of sp³-hybridized carbons (Fsp3) is 0.636. The number of unbranched alkanes of at least 4 members (excludes halogenated alkanes) is 2. The van der Waals surface area contributed by atoms with Crippen molar-refractivity contribution in [3.63, 3.8) is 0 Å². The molecule has 62 valence electrons. The highest BCUT2D eigenvalue weighted by atomic mass is 13.9. The Kier molecular flexibility index (Phi) is 5.65. The summed E-state index contributed by atoms with van der Waals surface area (Å²) in [6.45, 7) is 8.47. The van der Waals surface area contributed by atoms with Crippen molar-refractivity contribution in [1.82, 2.24) is 0 Å². The molecule has 0 radical (unpaired) electrons. The Bertz CT molecular complexity index is 182. The Labute approximate surface area is 70.7 Å². The summed E-state index contributed by atoms with van der Waals surface area (Å²) < 4.78 is 0. The second kappa shape index (κ2) is 6.04. The van der Waals surface area contributed by atoms with Crippen LogP contribution in [0.2, 0.25) is 0 Å². The predicted molar refractivity (Wildman–Crippen MR) is 51.3 cm³/mol. The molecule has 0 unspecified atom stereocenters. The van der Waals surface area contributed by atoms with E-state index in [2.05, 4.69) is 39.5 Å². The molecule has 0 spiro atoms.